The van der Waals surface area contributed by atoms with Crippen molar-refractivity contribution >= 4 is 10.9 Å². The number of fused-ring (bicyclic) bond motifs is 14. The molecule has 1 unspecified atom stereocenters. The molecule has 2 aromatic heterocycles. The van der Waals surface area contributed by atoms with E-state index in [1.54, 1.807) is 0 Å². The Kier molecular flexibility index (Phi) is 15.2. The van der Waals surface area contributed by atoms with Crippen LogP contribution < -0.4 is 0 Å². The molecule has 0 amide bonds. The molecule has 0 aliphatic heterocycles. The standard InChI is InChI=1S/C89H84N4/c1-10-12-14-17-27-57-49-58(28-18-15-13-11-2)51-63(50-57)72-55-81(90-82-56-78-73(54-74(72)82)69-33-21-24-34-75(69)88(78,9)66-29-19-16-20-30-66)61-41-47-70-71-48-42-62(53-80(71)89(79(70)52-61)76-35-25-22-31-67(76)68-32-23-26-36-77(68)89)85-92-83(59-37-43-64(44-38-59)86(3,4)5)91-84(93-85)60-39-45-65(46-40-60)87(6,7)8/h16,19-26,29-56H,10-15,17-18,27-28H2,1-9H3. The van der Waals surface area contributed by atoms with E-state index < -0.39 is 5.41 Å². The molecule has 93 heavy (non-hydrogen) atoms. The zero-order valence-corrected chi connectivity index (χ0v) is 55.7. The number of benzene rings is 10. The smallest absolute Gasteiger partial charge is 0.164 e. The normalized spacial score (nSPS) is 14.8. The second-order valence-corrected chi connectivity index (χ2v) is 29.0. The van der Waals surface area contributed by atoms with Gasteiger partial charge >= 0.3 is 0 Å². The number of hydrogen-bond donors (Lipinski definition) is 0. The number of nitrogens with zero attached hydrogens (tertiary/aromatic N) is 4. The number of pyridine rings is 1. The minimum Gasteiger partial charge on any atom is -0.248 e. The van der Waals surface area contributed by atoms with Crippen molar-refractivity contribution in [1.82, 2.24) is 19.9 Å². The highest BCUT2D eigenvalue weighted by atomic mass is 15.0. The first kappa shape index (κ1) is 59.9. The highest BCUT2D eigenvalue weighted by molar-refractivity contribution is 6.03. The molecule has 4 nitrogen and oxygen atoms in total. The van der Waals surface area contributed by atoms with Crippen molar-refractivity contribution in [2.45, 2.75) is 148 Å². The van der Waals surface area contributed by atoms with E-state index in [1.807, 2.05) is 0 Å². The van der Waals surface area contributed by atoms with Gasteiger partial charge in [-0.25, -0.2) is 19.9 Å². The highest BCUT2D eigenvalue weighted by Gasteiger charge is 2.52. The minimum atomic E-state index is -0.670. The van der Waals surface area contributed by atoms with Crippen LogP contribution in [0.15, 0.2) is 224 Å². The highest BCUT2D eigenvalue weighted by Crippen LogP contribution is 2.64. The molecule has 460 valence electrons. The molecule has 3 aliphatic rings. The van der Waals surface area contributed by atoms with Crippen LogP contribution in [-0.4, -0.2) is 19.9 Å². The van der Waals surface area contributed by atoms with Gasteiger partial charge in [0.2, 0.25) is 0 Å². The van der Waals surface area contributed by atoms with Gasteiger partial charge in [0.1, 0.15) is 0 Å². The lowest BCUT2D eigenvalue weighted by Gasteiger charge is -2.31. The van der Waals surface area contributed by atoms with E-state index in [1.165, 1.54) is 162 Å². The van der Waals surface area contributed by atoms with Crippen molar-refractivity contribution in [2.75, 3.05) is 0 Å². The lowest BCUT2D eigenvalue weighted by atomic mass is 9.70. The lowest BCUT2D eigenvalue weighted by Crippen LogP contribution is -2.26. The summed E-state index contributed by atoms with van der Waals surface area (Å²) in [5.41, 5.74) is 29.3. The van der Waals surface area contributed by atoms with Crippen molar-refractivity contribution in [2.24, 2.45) is 0 Å². The van der Waals surface area contributed by atoms with Crippen LogP contribution in [0.5, 0.6) is 0 Å². The topological polar surface area (TPSA) is 51.6 Å². The van der Waals surface area contributed by atoms with Crippen LogP contribution in [-0.2, 0) is 34.5 Å². The molecule has 3 aliphatic carbocycles. The third-order valence-corrected chi connectivity index (χ3v) is 20.9. The SMILES string of the molecule is CCCCCCc1cc(CCCCCC)cc(-c2cc(-c3ccc4c(c3)C3(c5ccccc5-c5ccccc53)c3cc(-c5nc(-c6ccc(C(C)(C)C)cc6)nc(-c6ccc(C(C)(C)C)cc6)n5)ccc3-4)nc3cc4c(cc23)-c2ccccc2C4(C)c2ccccc2)c1. The first-order valence-corrected chi connectivity index (χ1v) is 34.4. The Morgan fingerprint density at radius 2 is 0.774 bits per heavy atom. The van der Waals surface area contributed by atoms with E-state index in [-0.39, 0.29) is 16.2 Å². The molecule has 4 heteroatoms. The first-order chi connectivity index (χ1) is 45.1. The fourth-order valence-corrected chi connectivity index (χ4v) is 15.8. The first-order valence-electron chi connectivity index (χ1n) is 34.4. The van der Waals surface area contributed by atoms with Gasteiger partial charge in [0, 0.05) is 33.1 Å². The summed E-state index contributed by atoms with van der Waals surface area (Å²) in [5.74, 6) is 1.95. The fraction of sp³-hybridized carbons (Fsp3) is 0.258. The average Bonchev–Trinajstić information content (AvgIpc) is 1.52. The van der Waals surface area contributed by atoms with Crippen molar-refractivity contribution in [3.63, 3.8) is 0 Å². The molecule has 10 aromatic carbocycles. The third kappa shape index (κ3) is 10.4. The maximum atomic E-state index is 5.93. The van der Waals surface area contributed by atoms with Gasteiger partial charge in [-0.2, -0.15) is 0 Å². The van der Waals surface area contributed by atoms with Gasteiger partial charge in [0.05, 0.1) is 16.6 Å². The number of unbranched alkanes of at least 4 members (excludes halogenated alkanes) is 6. The molecule has 15 rings (SSSR count). The number of aromatic nitrogens is 4. The molecular formula is C89H84N4. The Hall–Kier alpha value is -9.38. The van der Waals surface area contributed by atoms with Crippen molar-refractivity contribution in [1.29, 1.82) is 0 Å². The molecule has 12 aromatic rings. The predicted octanol–water partition coefficient (Wildman–Crippen LogP) is 23.3. The van der Waals surface area contributed by atoms with E-state index in [0.717, 1.165) is 46.3 Å². The summed E-state index contributed by atoms with van der Waals surface area (Å²) in [6.45, 7) is 20.6. The van der Waals surface area contributed by atoms with Crippen LogP contribution in [0.3, 0.4) is 0 Å². The van der Waals surface area contributed by atoms with Crippen LogP contribution in [0, 0.1) is 0 Å². The van der Waals surface area contributed by atoms with E-state index in [9.17, 15) is 0 Å². The summed E-state index contributed by atoms with van der Waals surface area (Å²) in [7, 11) is 0. The Morgan fingerprint density at radius 3 is 1.30 bits per heavy atom. The second-order valence-electron chi connectivity index (χ2n) is 29.0. The van der Waals surface area contributed by atoms with E-state index >= 15 is 0 Å². The molecule has 1 atom stereocenters. The van der Waals surface area contributed by atoms with Crippen molar-refractivity contribution in [3.8, 4) is 89.9 Å². The zero-order valence-electron chi connectivity index (χ0n) is 55.7. The minimum absolute atomic E-state index is 0.00429. The van der Waals surface area contributed by atoms with Crippen LogP contribution >= 0.6 is 0 Å². The summed E-state index contributed by atoms with van der Waals surface area (Å²) in [6, 6.07) is 85.2. The Balaban J connectivity index is 0.939. The number of rotatable bonds is 16. The Labute approximate surface area is 551 Å². The molecule has 0 bridgehead atoms. The Morgan fingerprint density at radius 1 is 0.323 bits per heavy atom. The number of aryl methyl sites for hydroxylation is 2. The quantitative estimate of drug-likeness (QED) is 0.0905. The van der Waals surface area contributed by atoms with Gasteiger partial charge in [0.25, 0.3) is 0 Å². The van der Waals surface area contributed by atoms with Gasteiger partial charge < -0.3 is 0 Å². The van der Waals surface area contributed by atoms with Gasteiger partial charge in [-0.3, -0.25) is 0 Å². The summed E-state index contributed by atoms with van der Waals surface area (Å²) in [5, 5.41) is 1.19. The summed E-state index contributed by atoms with van der Waals surface area (Å²) < 4.78 is 0. The third-order valence-electron chi connectivity index (χ3n) is 20.9. The molecule has 0 N–H and O–H groups in total. The predicted molar refractivity (Wildman–Crippen MR) is 389 cm³/mol. The van der Waals surface area contributed by atoms with Crippen LogP contribution in [0.1, 0.15) is 175 Å². The fourth-order valence-electron chi connectivity index (χ4n) is 15.8. The maximum Gasteiger partial charge on any atom is 0.164 e. The number of hydrogen-bond acceptors (Lipinski definition) is 4. The maximum absolute atomic E-state index is 5.93. The molecule has 0 radical (unpaired) electrons. The zero-order chi connectivity index (χ0) is 63.8. The van der Waals surface area contributed by atoms with Crippen LogP contribution in [0.2, 0.25) is 0 Å². The van der Waals surface area contributed by atoms with E-state index in [4.69, 9.17) is 19.9 Å². The van der Waals surface area contributed by atoms with Crippen LogP contribution in [0.4, 0.5) is 0 Å². The Bertz CT molecular complexity index is 4690. The molecule has 1 spiro atoms. The van der Waals surface area contributed by atoms with Crippen LogP contribution in [0.25, 0.3) is 101 Å². The second kappa shape index (κ2) is 23.6. The van der Waals surface area contributed by atoms with E-state index in [2.05, 4.69) is 287 Å². The van der Waals surface area contributed by atoms with Crippen molar-refractivity contribution < 1.29 is 0 Å². The monoisotopic (exact) mass is 1210 g/mol. The average molecular weight is 1210 g/mol. The van der Waals surface area contributed by atoms with Gasteiger partial charge in [-0.1, -0.05) is 288 Å². The molecule has 0 saturated heterocycles. The van der Waals surface area contributed by atoms with Gasteiger partial charge in [0.15, 0.2) is 17.5 Å². The summed E-state index contributed by atoms with van der Waals surface area (Å²) >= 11 is 0. The molecular weight excluding hydrogens is 1130 g/mol. The van der Waals surface area contributed by atoms with E-state index in [0.29, 0.717) is 17.5 Å². The van der Waals surface area contributed by atoms with Crippen molar-refractivity contribution in [3.05, 3.63) is 286 Å². The summed E-state index contributed by atoms with van der Waals surface area (Å²) in [6.07, 6.45) is 12.0. The molecule has 0 fully saturated rings. The largest absolute Gasteiger partial charge is 0.248 e. The lowest BCUT2D eigenvalue weighted by molar-refractivity contribution is 0.590. The molecule has 2 heterocycles. The van der Waals surface area contributed by atoms with Gasteiger partial charge in [-0.15, -0.1) is 0 Å². The van der Waals surface area contributed by atoms with Gasteiger partial charge in [-0.05, 0) is 179 Å². The molecule has 0 saturated carbocycles. The summed E-state index contributed by atoms with van der Waals surface area (Å²) in [4.78, 5) is 22.0.